The zero-order valence-electron chi connectivity index (χ0n) is 3.97. The molecule has 0 aliphatic rings. The van der Waals surface area contributed by atoms with E-state index in [-0.39, 0.29) is 10.8 Å². The van der Waals surface area contributed by atoms with Gasteiger partial charge < -0.3 is 0 Å². The zero-order valence-corrected chi connectivity index (χ0v) is 5.60. The highest BCUT2D eigenvalue weighted by Gasteiger charge is 2.11. The molecule has 0 N–H and O–H groups in total. The van der Waals surface area contributed by atoms with Gasteiger partial charge in [-0.2, -0.15) is 8.78 Å². The van der Waals surface area contributed by atoms with Crippen molar-refractivity contribution in [1.82, 2.24) is 0 Å². The summed E-state index contributed by atoms with van der Waals surface area (Å²) in [7, 11) is -3.91. The Morgan fingerprint density at radius 3 is 1.88 bits per heavy atom. The molecule has 8 heavy (non-hydrogen) atoms. The Balaban J connectivity index is 3.75. The predicted molar refractivity (Wildman–Crippen MR) is 28.4 cm³/mol. The first-order valence-corrected chi connectivity index (χ1v) is 4.87. The summed E-state index contributed by atoms with van der Waals surface area (Å²) in [6, 6.07) is 0. The summed E-state index contributed by atoms with van der Waals surface area (Å²) in [6.07, 6.45) is 0.740. The molecule has 0 radical (unpaired) electrons. The van der Waals surface area contributed by atoms with Gasteiger partial charge in [0.25, 0.3) is 5.76 Å². The number of hydrogen-bond acceptors (Lipinski definition) is 3. The van der Waals surface area contributed by atoms with Crippen molar-refractivity contribution in [2.45, 2.75) is 5.76 Å². The number of alkyl halides is 2. The summed E-state index contributed by atoms with van der Waals surface area (Å²) in [4.78, 5) is 0. The van der Waals surface area contributed by atoms with Crippen molar-refractivity contribution in [1.29, 1.82) is 0 Å². The van der Waals surface area contributed by atoms with Gasteiger partial charge in [0.2, 0.25) is 8.87 Å². The van der Waals surface area contributed by atoms with Crippen LogP contribution in [0.4, 0.5) is 8.78 Å². The lowest BCUT2D eigenvalue weighted by Crippen LogP contribution is -1.92. The van der Waals surface area contributed by atoms with Crippen molar-refractivity contribution in [2.75, 3.05) is 6.26 Å². The minimum atomic E-state index is -3.56. The van der Waals surface area contributed by atoms with Gasteiger partial charge in [0.05, 0.1) is 0 Å². The Bertz CT molecular complexity index is 149. The Kier molecular flexibility index (Phi) is 2.68. The highest BCUT2D eigenvalue weighted by molar-refractivity contribution is 8.71. The molecule has 0 saturated carbocycles. The van der Waals surface area contributed by atoms with Crippen LogP contribution in [-0.2, 0) is 8.87 Å². The monoisotopic (exact) mass is 162 g/mol. The summed E-state index contributed by atoms with van der Waals surface area (Å²) in [5.41, 5.74) is 0. The van der Waals surface area contributed by atoms with Crippen molar-refractivity contribution < 1.29 is 17.2 Å². The van der Waals surface area contributed by atoms with Crippen molar-refractivity contribution >= 4 is 19.7 Å². The third-order valence-corrected chi connectivity index (χ3v) is 2.23. The fraction of sp³-hybridized carbons (Fsp3) is 1.00. The normalized spacial score (nSPS) is 12.5. The summed E-state index contributed by atoms with van der Waals surface area (Å²) in [5.74, 6) is -2.83. The van der Waals surface area contributed by atoms with Gasteiger partial charge in [-0.1, -0.05) is 0 Å². The molecule has 0 rings (SSSR count). The average Bonchev–Trinajstić information content (AvgIpc) is 1.21. The molecular weight excluding hydrogens is 158 g/mol. The molecular formula is C2H4F2O2S2. The van der Waals surface area contributed by atoms with Crippen LogP contribution in [0.3, 0.4) is 0 Å². The van der Waals surface area contributed by atoms with Crippen molar-refractivity contribution in [3.05, 3.63) is 0 Å². The van der Waals surface area contributed by atoms with E-state index in [4.69, 9.17) is 0 Å². The Morgan fingerprint density at radius 1 is 1.50 bits per heavy atom. The van der Waals surface area contributed by atoms with E-state index in [0.29, 0.717) is 0 Å². The maximum Gasteiger partial charge on any atom is 0.298 e. The van der Waals surface area contributed by atoms with Crippen molar-refractivity contribution in [3.63, 3.8) is 0 Å². The molecule has 0 fully saturated rings. The van der Waals surface area contributed by atoms with E-state index in [1.54, 1.807) is 0 Å². The first kappa shape index (κ1) is 8.16. The molecule has 50 valence electrons. The van der Waals surface area contributed by atoms with E-state index >= 15 is 0 Å². The minimum absolute atomic E-state index is 0.350. The van der Waals surface area contributed by atoms with E-state index in [1.807, 2.05) is 0 Å². The van der Waals surface area contributed by atoms with Gasteiger partial charge in [-0.25, -0.2) is 8.42 Å². The quantitative estimate of drug-likeness (QED) is 0.566. The van der Waals surface area contributed by atoms with Gasteiger partial charge in [-0.3, -0.25) is 0 Å². The van der Waals surface area contributed by atoms with Crippen LogP contribution in [0.5, 0.6) is 0 Å². The third-order valence-electron chi connectivity index (χ3n) is 0.248. The molecule has 2 nitrogen and oxygen atoms in total. The molecule has 6 heteroatoms. The largest absolute Gasteiger partial charge is 0.298 e. The summed E-state index contributed by atoms with van der Waals surface area (Å²) in [6.45, 7) is 0. The van der Waals surface area contributed by atoms with Crippen molar-refractivity contribution in [2.24, 2.45) is 0 Å². The summed E-state index contributed by atoms with van der Waals surface area (Å²) < 4.78 is 42.1. The minimum Gasteiger partial charge on any atom is -0.218 e. The van der Waals surface area contributed by atoms with Crippen LogP contribution in [-0.4, -0.2) is 20.4 Å². The topological polar surface area (TPSA) is 34.1 Å². The molecule has 0 amide bonds. The first-order chi connectivity index (χ1) is 3.42. The van der Waals surface area contributed by atoms with E-state index < -0.39 is 14.6 Å². The molecule has 0 aromatic rings. The van der Waals surface area contributed by atoms with Gasteiger partial charge in [0.1, 0.15) is 0 Å². The lowest BCUT2D eigenvalue weighted by atomic mass is 11.7. The molecule has 0 bridgehead atoms. The lowest BCUT2D eigenvalue weighted by Gasteiger charge is -1.91. The third kappa shape index (κ3) is 6.16. The van der Waals surface area contributed by atoms with Gasteiger partial charge in [-0.15, -0.1) is 0 Å². The molecule has 0 aromatic carbocycles. The number of halogens is 2. The molecule has 0 atom stereocenters. The van der Waals surface area contributed by atoms with Crippen LogP contribution >= 0.6 is 10.8 Å². The Labute approximate surface area is 49.6 Å². The van der Waals surface area contributed by atoms with Crippen molar-refractivity contribution in [3.8, 4) is 0 Å². The van der Waals surface area contributed by atoms with Gasteiger partial charge in [-0.05, 0) is 0 Å². The maximum absolute atomic E-state index is 11.1. The Morgan fingerprint density at radius 2 is 1.88 bits per heavy atom. The van der Waals surface area contributed by atoms with E-state index in [0.717, 1.165) is 6.26 Å². The number of hydrogen-bond donors (Lipinski definition) is 0. The van der Waals surface area contributed by atoms with Crippen LogP contribution in [0.25, 0.3) is 0 Å². The maximum atomic E-state index is 11.1. The molecule has 0 aliphatic carbocycles. The van der Waals surface area contributed by atoms with Gasteiger partial charge >= 0.3 is 0 Å². The highest BCUT2D eigenvalue weighted by Crippen LogP contribution is 2.18. The number of rotatable bonds is 2. The molecule has 0 heterocycles. The van der Waals surface area contributed by atoms with Crippen LogP contribution in [0.15, 0.2) is 0 Å². The fourth-order valence-electron chi connectivity index (χ4n) is 0.132. The smallest absolute Gasteiger partial charge is 0.218 e. The molecule has 0 unspecified atom stereocenters. The SMILES string of the molecule is CS(=O)(=O)SC(F)F. The molecule has 0 saturated heterocycles. The molecule has 0 aliphatic heterocycles. The average molecular weight is 162 g/mol. The van der Waals surface area contributed by atoms with Gasteiger partial charge in [0, 0.05) is 17.0 Å². The highest BCUT2D eigenvalue weighted by atomic mass is 33.1. The zero-order chi connectivity index (χ0) is 6.78. The van der Waals surface area contributed by atoms with Crippen LogP contribution in [0, 0.1) is 0 Å². The summed E-state index contributed by atoms with van der Waals surface area (Å²) >= 11 is 0. The second-order valence-electron chi connectivity index (χ2n) is 1.06. The van der Waals surface area contributed by atoms with Gasteiger partial charge in [0.15, 0.2) is 0 Å². The lowest BCUT2D eigenvalue weighted by molar-refractivity contribution is 0.254. The standard InChI is InChI=1S/C2H4F2O2S2/c1-8(5,6)7-2(3)4/h2H,1H3. The second-order valence-corrected chi connectivity index (χ2v) is 5.41. The second kappa shape index (κ2) is 2.63. The van der Waals surface area contributed by atoms with E-state index in [1.165, 1.54) is 0 Å². The first-order valence-electron chi connectivity index (χ1n) is 1.58. The van der Waals surface area contributed by atoms with Crippen LogP contribution in [0.2, 0.25) is 0 Å². The Hall–Kier alpha value is 0.160. The van der Waals surface area contributed by atoms with Crippen LogP contribution in [0.1, 0.15) is 0 Å². The molecule has 0 spiro atoms. The molecule has 0 aromatic heterocycles. The van der Waals surface area contributed by atoms with Crippen LogP contribution < -0.4 is 0 Å². The van der Waals surface area contributed by atoms with E-state index in [2.05, 4.69) is 0 Å². The predicted octanol–water partition coefficient (Wildman–Crippen LogP) is 0.902. The van der Waals surface area contributed by atoms with E-state index in [9.17, 15) is 17.2 Å². The summed E-state index contributed by atoms with van der Waals surface area (Å²) in [5, 5.41) is 0. The fourth-order valence-corrected chi connectivity index (χ4v) is 1.19.